The molecule has 1 saturated heterocycles. The normalized spacial score (nSPS) is 21.1. The minimum Gasteiger partial charge on any atom is -0.496 e. The molecule has 0 unspecified atom stereocenters. The first kappa shape index (κ1) is 17.1. The third-order valence-electron chi connectivity index (χ3n) is 3.79. The van der Waals surface area contributed by atoms with Crippen molar-refractivity contribution in [3.05, 3.63) is 29.8 Å². The van der Waals surface area contributed by atoms with Gasteiger partial charge in [0.1, 0.15) is 17.4 Å². The number of carbonyl (C=O) groups excluding carboxylic acids is 1. The topological polar surface area (TPSA) is 76.1 Å². The number of benzene rings is 1. The highest BCUT2D eigenvalue weighted by molar-refractivity contribution is 5.81. The molecule has 1 N–H and O–H groups in total. The third-order valence-corrected chi connectivity index (χ3v) is 3.79. The number of aliphatic carboxylic acids is 1. The molecule has 1 heterocycles. The number of likely N-dealkylation sites (tertiary alicyclic amines) is 1. The van der Waals surface area contributed by atoms with Crippen LogP contribution in [-0.4, -0.2) is 47.4 Å². The molecule has 0 spiro atoms. The van der Waals surface area contributed by atoms with E-state index >= 15 is 0 Å². The van der Waals surface area contributed by atoms with E-state index in [9.17, 15) is 14.7 Å². The molecule has 1 aliphatic rings. The van der Waals surface area contributed by atoms with Crippen LogP contribution in [0.5, 0.6) is 5.75 Å². The summed E-state index contributed by atoms with van der Waals surface area (Å²) in [4.78, 5) is 25.1. The van der Waals surface area contributed by atoms with Gasteiger partial charge in [0.05, 0.1) is 7.11 Å². The summed E-state index contributed by atoms with van der Waals surface area (Å²) in [6.45, 7) is 5.57. The first-order valence-corrected chi connectivity index (χ1v) is 7.58. The fourth-order valence-electron chi connectivity index (χ4n) is 2.82. The van der Waals surface area contributed by atoms with Gasteiger partial charge in [-0.05, 0) is 38.8 Å². The Morgan fingerprint density at radius 2 is 1.91 bits per heavy atom. The molecule has 1 aromatic rings. The molecule has 6 heteroatoms. The average molecular weight is 321 g/mol. The van der Waals surface area contributed by atoms with Crippen LogP contribution in [0.25, 0.3) is 0 Å². The lowest BCUT2D eigenvalue weighted by atomic mass is 9.95. The van der Waals surface area contributed by atoms with Crippen LogP contribution in [0.3, 0.4) is 0 Å². The van der Waals surface area contributed by atoms with Crippen LogP contribution in [0.15, 0.2) is 24.3 Å². The van der Waals surface area contributed by atoms with Gasteiger partial charge in [-0.1, -0.05) is 18.2 Å². The zero-order chi connectivity index (χ0) is 17.2. The molecule has 0 aliphatic carbocycles. The molecule has 0 saturated carbocycles. The van der Waals surface area contributed by atoms with Gasteiger partial charge < -0.3 is 14.6 Å². The zero-order valence-corrected chi connectivity index (χ0v) is 13.9. The lowest BCUT2D eigenvalue weighted by Crippen LogP contribution is -2.43. The van der Waals surface area contributed by atoms with Gasteiger partial charge in [-0.25, -0.2) is 9.59 Å². The molecular weight excluding hydrogens is 298 g/mol. The van der Waals surface area contributed by atoms with Crippen molar-refractivity contribution in [2.45, 2.75) is 44.8 Å². The smallest absolute Gasteiger partial charge is 0.411 e. The van der Waals surface area contributed by atoms with Gasteiger partial charge in [0, 0.05) is 12.5 Å². The Balaban J connectivity index is 2.24. The molecule has 0 aromatic heterocycles. The molecule has 1 aromatic carbocycles. The van der Waals surface area contributed by atoms with E-state index in [1.54, 1.807) is 27.9 Å². The van der Waals surface area contributed by atoms with E-state index in [-0.39, 0.29) is 5.92 Å². The van der Waals surface area contributed by atoms with Gasteiger partial charge >= 0.3 is 12.1 Å². The Morgan fingerprint density at radius 1 is 1.26 bits per heavy atom. The summed E-state index contributed by atoms with van der Waals surface area (Å²) >= 11 is 0. The Hall–Kier alpha value is -2.24. The summed E-state index contributed by atoms with van der Waals surface area (Å²) in [5.41, 5.74) is 0.246. The fraction of sp³-hybridized carbons (Fsp3) is 0.529. The van der Waals surface area contributed by atoms with Crippen LogP contribution in [-0.2, 0) is 9.53 Å². The van der Waals surface area contributed by atoms with E-state index in [1.807, 2.05) is 24.3 Å². The van der Waals surface area contributed by atoms with Crippen LogP contribution in [0, 0.1) is 0 Å². The highest BCUT2D eigenvalue weighted by Gasteiger charge is 2.42. The number of carbonyl (C=O) groups is 2. The molecule has 1 aliphatic heterocycles. The summed E-state index contributed by atoms with van der Waals surface area (Å²) in [5.74, 6) is -0.416. The first-order valence-electron chi connectivity index (χ1n) is 7.58. The number of rotatable bonds is 3. The second-order valence-electron chi connectivity index (χ2n) is 6.66. The standard InChI is InChI=1S/C17H23NO5/c1-17(2,3)23-16(21)18-10-11(9-13(18)15(19)20)12-7-5-6-8-14(12)22-4/h5-8,11,13H,9-10H2,1-4H3,(H,19,20)/t11-,13-/m0/s1. The van der Waals surface area contributed by atoms with Crippen molar-refractivity contribution in [2.75, 3.05) is 13.7 Å². The lowest BCUT2D eigenvalue weighted by Gasteiger charge is -2.26. The predicted octanol–water partition coefficient (Wildman–Crippen LogP) is 2.87. The largest absolute Gasteiger partial charge is 0.496 e. The molecular formula is C17H23NO5. The van der Waals surface area contributed by atoms with E-state index in [2.05, 4.69) is 0 Å². The maximum atomic E-state index is 12.3. The van der Waals surface area contributed by atoms with Gasteiger partial charge in [0.2, 0.25) is 0 Å². The van der Waals surface area contributed by atoms with E-state index in [0.29, 0.717) is 18.7 Å². The van der Waals surface area contributed by atoms with Crippen LogP contribution >= 0.6 is 0 Å². The maximum Gasteiger partial charge on any atom is 0.411 e. The van der Waals surface area contributed by atoms with Crippen LogP contribution < -0.4 is 4.74 Å². The SMILES string of the molecule is COc1ccccc1[C@H]1C[C@@H](C(=O)O)N(C(=O)OC(C)(C)C)C1. The number of carboxylic acid groups (broad SMARTS) is 1. The van der Waals surface area contributed by atoms with E-state index in [4.69, 9.17) is 9.47 Å². The number of ether oxygens (including phenoxy) is 2. The van der Waals surface area contributed by atoms with Gasteiger partial charge in [-0.2, -0.15) is 0 Å². The predicted molar refractivity (Wildman–Crippen MR) is 84.7 cm³/mol. The Bertz CT molecular complexity index is 593. The maximum absolute atomic E-state index is 12.3. The quantitative estimate of drug-likeness (QED) is 0.926. The average Bonchev–Trinajstić information content (AvgIpc) is 2.90. The third kappa shape index (κ3) is 3.94. The minimum absolute atomic E-state index is 0.0974. The molecule has 2 atom stereocenters. The van der Waals surface area contributed by atoms with Crippen LogP contribution in [0.4, 0.5) is 4.79 Å². The molecule has 1 fully saturated rings. The molecule has 126 valence electrons. The first-order chi connectivity index (χ1) is 10.7. The van der Waals surface area contributed by atoms with Gasteiger partial charge in [-0.3, -0.25) is 4.90 Å². The fourth-order valence-corrected chi connectivity index (χ4v) is 2.82. The van der Waals surface area contributed by atoms with Gasteiger partial charge in [0.25, 0.3) is 0 Å². The van der Waals surface area contributed by atoms with Crippen molar-refractivity contribution in [1.29, 1.82) is 0 Å². The summed E-state index contributed by atoms with van der Waals surface area (Å²) in [5, 5.41) is 9.44. The van der Waals surface area contributed by atoms with Gasteiger partial charge in [0.15, 0.2) is 0 Å². The van der Waals surface area contributed by atoms with E-state index in [0.717, 1.165) is 5.56 Å². The monoisotopic (exact) mass is 321 g/mol. The van der Waals surface area contributed by atoms with Crippen molar-refractivity contribution in [3.8, 4) is 5.75 Å². The number of para-hydroxylation sites is 1. The number of nitrogens with zero attached hydrogens (tertiary/aromatic N) is 1. The summed E-state index contributed by atoms with van der Waals surface area (Å²) in [6.07, 6.45) is -0.253. The summed E-state index contributed by atoms with van der Waals surface area (Å²) in [6, 6.07) is 6.59. The molecule has 6 nitrogen and oxygen atoms in total. The molecule has 0 radical (unpaired) electrons. The van der Waals surface area contributed by atoms with E-state index in [1.165, 1.54) is 4.90 Å². The number of methoxy groups -OCH3 is 1. The van der Waals surface area contributed by atoms with Crippen molar-refractivity contribution in [1.82, 2.24) is 4.90 Å². The molecule has 0 bridgehead atoms. The van der Waals surface area contributed by atoms with Gasteiger partial charge in [-0.15, -0.1) is 0 Å². The number of carboxylic acids is 1. The van der Waals surface area contributed by atoms with Crippen molar-refractivity contribution in [3.63, 3.8) is 0 Å². The minimum atomic E-state index is -1.02. The number of amides is 1. The van der Waals surface area contributed by atoms with Crippen LogP contribution in [0.2, 0.25) is 0 Å². The molecule has 23 heavy (non-hydrogen) atoms. The van der Waals surface area contributed by atoms with Crippen molar-refractivity contribution < 1.29 is 24.2 Å². The lowest BCUT2D eigenvalue weighted by molar-refractivity contribution is -0.142. The number of hydrogen-bond donors (Lipinski definition) is 1. The van der Waals surface area contributed by atoms with Crippen LogP contribution in [0.1, 0.15) is 38.7 Å². The highest BCUT2D eigenvalue weighted by Crippen LogP contribution is 2.37. The number of hydrogen-bond acceptors (Lipinski definition) is 4. The van der Waals surface area contributed by atoms with E-state index < -0.39 is 23.7 Å². The Labute approximate surface area is 136 Å². The second kappa shape index (κ2) is 6.48. The Morgan fingerprint density at radius 3 is 2.48 bits per heavy atom. The second-order valence-corrected chi connectivity index (χ2v) is 6.66. The molecule has 2 rings (SSSR count). The highest BCUT2D eigenvalue weighted by atomic mass is 16.6. The Kier molecular flexibility index (Phi) is 4.82. The zero-order valence-electron chi connectivity index (χ0n) is 13.9. The summed E-state index contributed by atoms with van der Waals surface area (Å²) < 4.78 is 10.7. The molecule has 1 amide bonds. The van der Waals surface area contributed by atoms with Crippen molar-refractivity contribution >= 4 is 12.1 Å². The summed E-state index contributed by atoms with van der Waals surface area (Å²) in [7, 11) is 1.58. The van der Waals surface area contributed by atoms with Crippen molar-refractivity contribution in [2.24, 2.45) is 0 Å².